The van der Waals surface area contributed by atoms with Crippen LogP contribution in [0.25, 0.3) is 0 Å². The first-order valence-electron chi connectivity index (χ1n) is 6.21. The van der Waals surface area contributed by atoms with Crippen molar-refractivity contribution in [3.05, 3.63) is 20.8 Å². The van der Waals surface area contributed by atoms with Crippen LogP contribution < -0.4 is 16.6 Å². The molecular weight excluding hydrogens is 300 g/mol. The summed E-state index contributed by atoms with van der Waals surface area (Å²) in [4.78, 5) is 41.0. The molecule has 6 N–H and O–H groups in total. The highest BCUT2D eigenvalue weighted by molar-refractivity contribution is 6.13. The van der Waals surface area contributed by atoms with Gasteiger partial charge in [0.15, 0.2) is 18.2 Å². The van der Waals surface area contributed by atoms with Crippen molar-refractivity contribution < 1.29 is 24.9 Å². The van der Waals surface area contributed by atoms with E-state index in [1.807, 2.05) is 4.98 Å². The molecule has 2 heterocycles. The fraction of sp³-hybridized carbons (Fsp3) is 0.455. The summed E-state index contributed by atoms with van der Waals surface area (Å²) in [6.45, 7) is -0.529. The molecular formula is C11H14N4O7. The molecule has 0 bridgehead atoms. The molecule has 2 rings (SSSR count). The molecule has 0 saturated carbocycles. The highest BCUT2D eigenvalue weighted by Gasteiger charge is 2.42. The molecule has 22 heavy (non-hydrogen) atoms. The standard InChI is InChI=1S/C11H14N4O7/c16-2-1-12-5-8(14-11(21)15-9(5)20)13-10-7(19)6(18)4(3-17)22-10/h1-2,4,6-7,10,17-19H,3H2,(H3,13,14,15,20,21)/t4-,6-,7-,10?/m1/s1. The van der Waals surface area contributed by atoms with Crippen LogP contribution in [-0.2, 0) is 9.53 Å². The van der Waals surface area contributed by atoms with E-state index < -0.39 is 42.4 Å². The summed E-state index contributed by atoms with van der Waals surface area (Å²) in [7, 11) is 0. The Balaban J connectivity index is 2.33. The second-order valence-electron chi connectivity index (χ2n) is 4.45. The Morgan fingerprint density at radius 2 is 2.00 bits per heavy atom. The summed E-state index contributed by atoms with van der Waals surface area (Å²) in [5.41, 5.74) is -2.02. The zero-order valence-electron chi connectivity index (χ0n) is 11.1. The summed E-state index contributed by atoms with van der Waals surface area (Å²) in [5.74, 6) is -0.207. The number of aromatic nitrogens is 2. The van der Waals surface area contributed by atoms with Crippen LogP contribution in [0.15, 0.2) is 14.6 Å². The number of rotatable bonds is 5. The maximum absolute atomic E-state index is 11.7. The van der Waals surface area contributed by atoms with E-state index in [9.17, 15) is 24.6 Å². The Labute approximate surface area is 122 Å². The predicted octanol–water partition coefficient (Wildman–Crippen LogP) is -3.18. The average molecular weight is 314 g/mol. The van der Waals surface area contributed by atoms with Gasteiger partial charge in [-0.25, -0.2) is 9.79 Å². The molecule has 0 aliphatic carbocycles. The smallest absolute Gasteiger partial charge is 0.327 e. The first kappa shape index (κ1) is 16.0. The molecule has 1 unspecified atom stereocenters. The number of aromatic amines is 2. The lowest BCUT2D eigenvalue weighted by molar-refractivity contribution is -0.102. The number of carbonyl (C=O) groups is 1. The molecule has 1 aliphatic rings. The van der Waals surface area contributed by atoms with E-state index >= 15 is 0 Å². The fourth-order valence-electron chi connectivity index (χ4n) is 1.97. The van der Waals surface area contributed by atoms with E-state index in [0.717, 1.165) is 6.21 Å². The molecule has 1 aromatic heterocycles. The van der Waals surface area contributed by atoms with E-state index in [-0.39, 0.29) is 11.5 Å². The maximum atomic E-state index is 11.7. The van der Waals surface area contributed by atoms with Gasteiger partial charge in [-0.2, -0.15) is 0 Å². The van der Waals surface area contributed by atoms with Gasteiger partial charge in [0.05, 0.1) is 12.8 Å². The van der Waals surface area contributed by atoms with Gasteiger partial charge in [-0.3, -0.25) is 19.6 Å². The number of carbonyl (C=O) groups excluding carboxylic acids is 1. The third kappa shape index (κ3) is 3.12. The van der Waals surface area contributed by atoms with Crippen molar-refractivity contribution in [3.63, 3.8) is 0 Å². The molecule has 1 fully saturated rings. The number of anilines is 1. The van der Waals surface area contributed by atoms with Crippen molar-refractivity contribution in [2.75, 3.05) is 11.9 Å². The minimum Gasteiger partial charge on any atom is -0.394 e. The molecule has 4 atom stereocenters. The predicted molar refractivity (Wildman–Crippen MR) is 73.3 cm³/mol. The Morgan fingerprint density at radius 1 is 1.27 bits per heavy atom. The fourth-order valence-corrected chi connectivity index (χ4v) is 1.97. The first-order chi connectivity index (χ1) is 10.5. The second kappa shape index (κ2) is 6.62. The van der Waals surface area contributed by atoms with E-state index in [1.165, 1.54) is 0 Å². The maximum Gasteiger partial charge on any atom is 0.327 e. The summed E-state index contributed by atoms with van der Waals surface area (Å²) in [6.07, 6.45) is -3.86. The normalized spacial score (nSPS) is 28.1. The Morgan fingerprint density at radius 3 is 2.59 bits per heavy atom. The van der Waals surface area contributed by atoms with Gasteiger partial charge in [0.1, 0.15) is 24.1 Å². The second-order valence-corrected chi connectivity index (χ2v) is 4.45. The van der Waals surface area contributed by atoms with Crippen molar-refractivity contribution >= 4 is 24.0 Å². The number of H-pyrrole nitrogens is 2. The van der Waals surface area contributed by atoms with E-state index in [1.54, 1.807) is 0 Å². The summed E-state index contributed by atoms with van der Waals surface area (Å²) >= 11 is 0. The molecule has 1 saturated heterocycles. The van der Waals surface area contributed by atoms with Crippen molar-refractivity contribution in [3.8, 4) is 0 Å². The minimum absolute atomic E-state index is 0.207. The van der Waals surface area contributed by atoms with Crippen molar-refractivity contribution in [2.24, 2.45) is 4.99 Å². The topological polar surface area (TPSA) is 177 Å². The van der Waals surface area contributed by atoms with E-state index in [2.05, 4.69) is 15.3 Å². The lowest BCUT2D eigenvalue weighted by Gasteiger charge is -2.17. The molecule has 0 aromatic carbocycles. The van der Waals surface area contributed by atoms with Gasteiger partial charge in [0.25, 0.3) is 5.56 Å². The number of hydrogen-bond donors (Lipinski definition) is 6. The number of ether oxygens (including phenoxy) is 1. The van der Waals surface area contributed by atoms with Crippen LogP contribution in [0.1, 0.15) is 0 Å². The minimum atomic E-state index is -1.41. The number of aliphatic hydroxyl groups is 3. The zero-order chi connectivity index (χ0) is 16.3. The molecule has 0 spiro atoms. The van der Waals surface area contributed by atoms with Crippen LogP contribution in [0.2, 0.25) is 0 Å². The van der Waals surface area contributed by atoms with E-state index in [4.69, 9.17) is 9.84 Å². The molecule has 1 aliphatic heterocycles. The van der Waals surface area contributed by atoms with Gasteiger partial charge >= 0.3 is 5.69 Å². The van der Waals surface area contributed by atoms with Crippen LogP contribution in [0.3, 0.4) is 0 Å². The van der Waals surface area contributed by atoms with Gasteiger partial charge in [0.2, 0.25) is 0 Å². The summed E-state index contributed by atoms with van der Waals surface area (Å²) in [5, 5.41) is 30.9. The number of hydrogen-bond acceptors (Lipinski definition) is 9. The van der Waals surface area contributed by atoms with Crippen LogP contribution >= 0.6 is 0 Å². The molecule has 11 nitrogen and oxygen atoms in total. The molecule has 0 amide bonds. The van der Waals surface area contributed by atoms with Gasteiger partial charge in [-0.15, -0.1) is 0 Å². The lowest BCUT2D eigenvalue weighted by atomic mass is 10.1. The molecule has 0 radical (unpaired) electrons. The quantitative estimate of drug-likeness (QED) is 0.243. The van der Waals surface area contributed by atoms with Crippen molar-refractivity contribution in [2.45, 2.75) is 24.5 Å². The highest BCUT2D eigenvalue weighted by Crippen LogP contribution is 2.24. The lowest BCUT2D eigenvalue weighted by Crippen LogP contribution is -2.37. The third-order valence-corrected chi connectivity index (χ3v) is 3.01. The number of aldehydes is 1. The van der Waals surface area contributed by atoms with Gasteiger partial charge in [0, 0.05) is 0 Å². The van der Waals surface area contributed by atoms with Gasteiger partial charge in [-0.1, -0.05) is 0 Å². The highest BCUT2D eigenvalue weighted by atomic mass is 16.6. The van der Waals surface area contributed by atoms with Crippen molar-refractivity contribution in [1.29, 1.82) is 0 Å². The first-order valence-corrected chi connectivity index (χ1v) is 6.21. The van der Waals surface area contributed by atoms with Crippen LogP contribution in [-0.4, -0.2) is 68.9 Å². The number of aliphatic imine (C=N–C) groups is 1. The Kier molecular flexibility index (Phi) is 4.82. The summed E-state index contributed by atoms with van der Waals surface area (Å²) < 4.78 is 5.16. The Hall–Kier alpha value is -2.34. The number of nitrogens with zero attached hydrogens (tertiary/aromatic N) is 1. The monoisotopic (exact) mass is 314 g/mol. The molecule has 120 valence electrons. The summed E-state index contributed by atoms with van der Waals surface area (Å²) in [6, 6.07) is 0. The van der Waals surface area contributed by atoms with Gasteiger partial charge < -0.3 is 25.4 Å². The molecule has 1 aromatic rings. The van der Waals surface area contributed by atoms with Crippen LogP contribution in [0.5, 0.6) is 0 Å². The van der Waals surface area contributed by atoms with Crippen LogP contribution in [0.4, 0.5) is 11.5 Å². The Bertz CT molecular complexity index is 682. The van der Waals surface area contributed by atoms with Crippen molar-refractivity contribution in [1.82, 2.24) is 9.97 Å². The van der Waals surface area contributed by atoms with Gasteiger partial charge in [-0.05, 0) is 0 Å². The third-order valence-electron chi connectivity index (χ3n) is 3.01. The van der Waals surface area contributed by atoms with E-state index in [0.29, 0.717) is 6.29 Å². The zero-order valence-corrected chi connectivity index (χ0v) is 11.1. The SMILES string of the molecule is O=CC=Nc1c(NC2O[C@H](CO)[C@@H](O)[C@H]2O)[nH]c(=O)[nH]c1=O. The molecule has 11 heteroatoms. The number of aliphatic hydroxyl groups excluding tert-OH is 3. The average Bonchev–Trinajstić information content (AvgIpc) is 2.74. The largest absolute Gasteiger partial charge is 0.394 e. The van der Waals surface area contributed by atoms with Crippen LogP contribution in [0, 0.1) is 0 Å². The number of nitrogens with one attached hydrogen (secondary N) is 3.